The van der Waals surface area contributed by atoms with Crippen molar-refractivity contribution in [1.29, 1.82) is 0 Å². The number of likely N-dealkylation sites (tertiary alicyclic amines) is 1. The molecule has 1 unspecified atom stereocenters. The second-order valence-electron chi connectivity index (χ2n) is 5.34. The second-order valence-corrected chi connectivity index (χ2v) is 5.34. The maximum atomic E-state index is 13.1. The number of anilines is 1. The molecule has 102 valence electrons. The molecule has 0 radical (unpaired) electrons. The summed E-state index contributed by atoms with van der Waals surface area (Å²) in [4.78, 5) is 2.21. The average Bonchev–Trinajstić information content (AvgIpc) is 2.96. The minimum Gasteiger partial charge on any atom is -0.397 e. The summed E-state index contributed by atoms with van der Waals surface area (Å²) in [7, 11) is 0. The Bertz CT molecular complexity index is 564. The van der Waals surface area contributed by atoms with Crippen LogP contribution in [0.5, 0.6) is 0 Å². The molecule has 0 spiro atoms. The number of alkyl halides is 1. The number of nitrogens with zero attached hydrogens (tertiary/aromatic N) is 2. The van der Waals surface area contributed by atoms with Gasteiger partial charge in [0.15, 0.2) is 0 Å². The number of hydrogen-bond donors (Lipinski definition) is 1. The predicted octanol–water partition coefficient (Wildman–Crippen LogP) is 2.66. The molecule has 1 aromatic heterocycles. The summed E-state index contributed by atoms with van der Waals surface area (Å²) in [5.41, 5.74) is 8.03. The van der Waals surface area contributed by atoms with E-state index in [0.717, 1.165) is 37.1 Å². The fourth-order valence-corrected chi connectivity index (χ4v) is 2.91. The summed E-state index contributed by atoms with van der Waals surface area (Å²) in [6.07, 6.45) is 3.11. The van der Waals surface area contributed by atoms with Crippen LogP contribution in [-0.4, -0.2) is 35.3 Å². The Morgan fingerprint density at radius 1 is 1.26 bits per heavy atom. The number of nitrogen functional groups attached to an aromatic ring is 1. The number of benzene rings is 1. The number of nitrogens with two attached hydrogens (primary N) is 1. The molecule has 1 saturated heterocycles. The number of fused-ring (bicyclic) bond motifs is 1. The number of rotatable bonds is 4. The quantitative estimate of drug-likeness (QED) is 0.918. The average molecular weight is 261 g/mol. The highest BCUT2D eigenvalue weighted by molar-refractivity contribution is 5.91. The topological polar surface area (TPSA) is 34.2 Å². The van der Waals surface area contributed by atoms with Crippen molar-refractivity contribution in [1.82, 2.24) is 9.47 Å². The number of para-hydroxylation sites is 1. The van der Waals surface area contributed by atoms with Crippen molar-refractivity contribution in [2.75, 3.05) is 25.4 Å². The van der Waals surface area contributed by atoms with Crippen LogP contribution in [-0.2, 0) is 6.54 Å². The molecule has 0 saturated carbocycles. The Labute approximate surface area is 112 Å². The van der Waals surface area contributed by atoms with Crippen molar-refractivity contribution in [3.63, 3.8) is 0 Å². The highest BCUT2D eigenvalue weighted by Gasteiger charge is 2.20. The van der Waals surface area contributed by atoms with Crippen LogP contribution >= 0.6 is 0 Å². The fraction of sp³-hybridized carbons (Fsp3) is 0.467. The maximum Gasteiger partial charge on any atom is 0.114 e. The van der Waals surface area contributed by atoms with Gasteiger partial charge >= 0.3 is 0 Å². The largest absolute Gasteiger partial charge is 0.397 e. The van der Waals surface area contributed by atoms with Crippen LogP contribution in [0.4, 0.5) is 10.1 Å². The number of halogens is 1. The Morgan fingerprint density at radius 3 is 2.89 bits per heavy atom. The Morgan fingerprint density at radius 2 is 2.11 bits per heavy atom. The number of hydrogen-bond acceptors (Lipinski definition) is 2. The lowest BCUT2D eigenvalue weighted by Crippen LogP contribution is -2.23. The van der Waals surface area contributed by atoms with Crippen LogP contribution < -0.4 is 5.73 Å². The van der Waals surface area contributed by atoms with Gasteiger partial charge in [0.05, 0.1) is 11.2 Å². The third-order valence-corrected chi connectivity index (χ3v) is 3.91. The van der Waals surface area contributed by atoms with Gasteiger partial charge in [0.25, 0.3) is 0 Å². The standard InChI is InChI=1S/C15H20FN3/c16-12-6-9-18(10-12)7-3-8-19-11-14(17)13-4-1-2-5-15(13)19/h1-2,4-5,11-12H,3,6-10,17H2. The van der Waals surface area contributed by atoms with Gasteiger partial charge in [0.1, 0.15) is 6.17 Å². The van der Waals surface area contributed by atoms with Crippen molar-refractivity contribution < 1.29 is 4.39 Å². The van der Waals surface area contributed by atoms with E-state index in [4.69, 9.17) is 5.73 Å². The normalized spacial score (nSPS) is 20.4. The molecule has 4 heteroatoms. The first kappa shape index (κ1) is 12.5. The van der Waals surface area contributed by atoms with E-state index in [1.165, 1.54) is 5.52 Å². The Hall–Kier alpha value is -1.55. The first-order valence-electron chi connectivity index (χ1n) is 6.94. The molecule has 2 heterocycles. The molecule has 0 bridgehead atoms. The van der Waals surface area contributed by atoms with Gasteiger partial charge in [-0.15, -0.1) is 0 Å². The molecule has 1 aromatic carbocycles. The van der Waals surface area contributed by atoms with Crippen molar-refractivity contribution in [3.8, 4) is 0 Å². The maximum absolute atomic E-state index is 13.1. The first-order chi connectivity index (χ1) is 9.24. The van der Waals surface area contributed by atoms with Crippen LogP contribution in [0, 0.1) is 0 Å². The molecule has 1 fully saturated rings. The molecule has 3 nitrogen and oxygen atoms in total. The lowest BCUT2D eigenvalue weighted by molar-refractivity contribution is 0.282. The highest BCUT2D eigenvalue weighted by Crippen LogP contribution is 2.23. The van der Waals surface area contributed by atoms with E-state index in [-0.39, 0.29) is 0 Å². The van der Waals surface area contributed by atoms with Gasteiger partial charge in [0, 0.05) is 31.2 Å². The lowest BCUT2D eigenvalue weighted by Gasteiger charge is -2.14. The van der Waals surface area contributed by atoms with Crippen molar-refractivity contribution >= 4 is 16.6 Å². The summed E-state index contributed by atoms with van der Waals surface area (Å²) < 4.78 is 15.3. The van der Waals surface area contributed by atoms with E-state index < -0.39 is 6.17 Å². The summed E-state index contributed by atoms with van der Waals surface area (Å²) in [5, 5.41) is 1.12. The molecule has 19 heavy (non-hydrogen) atoms. The van der Waals surface area contributed by atoms with Crippen LogP contribution in [0.3, 0.4) is 0 Å². The molecule has 3 rings (SSSR count). The van der Waals surface area contributed by atoms with E-state index in [2.05, 4.69) is 21.6 Å². The Kier molecular flexibility index (Phi) is 3.42. The first-order valence-corrected chi connectivity index (χ1v) is 6.94. The van der Waals surface area contributed by atoms with Gasteiger partial charge in [0.2, 0.25) is 0 Å². The van der Waals surface area contributed by atoms with Gasteiger partial charge in [-0.25, -0.2) is 4.39 Å². The van der Waals surface area contributed by atoms with E-state index in [1.807, 2.05) is 18.3 Å². The van der Waals surface area contributed by atoms with E-state index in [9.17, 15) is 4.39 Å². The van der Waals surface area contributed by atoms with Gasteiger partial charge in [-0.3, -0.25) is 0 Å². The van der Waals surface area contributed by atoms with Crippen molar-refractivity contribution in [2.45, 2.75) is 25.6 Å². The van der Waals surface area contributed by atoms with Gasteiger partial charge in [-0.05, 0) is 25.5 Å². The van der Waals surface area contributed by atoms with E-state index in [1.54, 1.807) is 0 Å². The molecule has 0 amide bonds. The van der Waals surface area contributed by atoms with E-state index in [0.29, 0.717) is 13.0 Å². The summed E-state index contributed by atoms with van der Waals surface area (Å²) in [6, 6.07) is 8.19. The highest BCUT2D eigenvalue weighted by atomic mass is 19.1. The zero-order chi connectivity index (χ0) is 13.2. The fourth-order valence-electron chi connectivity index (χ4n) is 2.91. The zero-order valence-electron chi connectivity index (χ0n) is 11.1. The summed E-state index contributed by atoms with van der Waals surface area (Å²) in [6.45, 7) is 3.41. The molecular weight excluding hydrogens is 241 g/mol. The van der Waals surface area contributed by atoms with Gasteiger partial charge < -0.3 is 15.2 Å². The molecule has 1 aliphatic rings. The molecule has 2 aromatic rings. The number of aromatic nitrogens is 1. The van der Waals surface area contributed by atoms with E-state index >= 15 is 0 Å². The minimum atomic E-state index is -0.622. The molecule has 1 aliphatic heterocycles. The monoisotopic (exact) mass is 261 g/mol. The van der Waals surface area contributed by atoms with Crippen LogP contribution in [0.25, 0.3) is 10.9 Å². The molecule has 0 aliphatic carbocycles. The van der Waals surface area contributed by atoms with Gasteiger partial charge in [-0.1, -0.05) is 18.2 Å². The second kappa shape index (κ2) is 5.21. The predicted molar refractivity (Wildman–Crippen MR) is 76.9 cm³/mol. The molecular formula is C15H20FN3. The van der Waals surface area contributed by atoms with Crippen LogP contribution in [0.2, 0.25) is 0 Å². The smallest absolute Gasteiger partial charge is 0.114 e. The SMILES string of the molecule is Nc1cn(CCCN2CCC(F)C2)c2ccccc12. The summed E-state index contributed by atoms with van der Waals surface area (Å²) in [5.74, 6) is 0. The van der Waals surface area contributed by atoms with Crippen molar-refractivity contribution in [2.24, 2.45) is 0 Å². The van der Waals surface area contributed by atoms with Crippen molar-refractivity contribution in [3.05, 3.63) is 30.5 Å². The third kappa shape index (κ3) is 2.59. The third-order valence-electron chi connectivity index (χ3n) is 3.91. The zero-order valence-corrected chi connectivity index (χ0v) is 11.1. The van der Waals surface area contributed by atoms with Crippen LogP contribution in [0.15, 0.2) is 30.5 Å². The molecule has 2 N–H and O–H groups in total. The number of aryl methyl sites for hydroxylation is 1. The summed E-state index contributed by atoms with van der Waals surface area (Å²) >= 11 is 0. The van der Waals surface area contributed by atoms with Crippen LogP contribution in [0.1, 0.15) is 12.8 Å². The lowest BCUT2D eigenvalue weighted by atomic mass is 10.2. The molecule has 1 atom stereocenters. The minimum absolute atomic E-state index is 0.606. The Balaban J connectivity index is 1.62. The van der Waals surface area contributed by atoms with Gasteiger partial charge in [-0.2, -0.15) is 0 Å².